The number of halogens is 1. The van der Waals surface area contributed by atoms with Gasteiger partial charge in [-0.1, -0.05) is 54.1 Å². The van der Waals surface area contributed by atoms with E-state index in [1.807, 2.05) is 6.07 Å². The minimum absolute atomic E-state index is 0.116. The first kappa shape index (κ1) is 24.6. The number of carbonyl (C=O) groups is 1. The highest BCUT2D eigenvalue weighted by atomic mass is 35.5. The minimum atomic E-state index is -3.86. The Labute approximate surface area is 214 Å². The fourth-order valence-corrected chi connectivity index (χ4v) is 5.73. The van der Waals surface area contributed by atoms with E-state index in [0.717, 1.165) is 0 Å². The minimum Gasteiger partial charge on any atom is -0.348 e. The predicted octanol–water partition coefficient (Wildman–Crippen LogP) is 4.20. The number of para-hydroxylation sites is 1. The summed E-state index contributed by atoms with van der Waals surface area (Å²) in [4.78, 5) is 25.2. The van der Waals surface area contributed by atoms with E-state index in [-0.39, 0.29) is 36.4 Å². The Bertz CT molecular complexity index is 1400. The Balaban J connectivity index is 1.53. The van der Waals surface area contributed by atoms with E-state index in [1.165, 1.54) is 16.0 Å². The van der Waals surface area contributed by atoms with Crippen molar-refractivity contribution in [1.82, 2.24) is 9.97 Å². The predicted molar refractivity (Wildman–Crippen MR) is 135 cm³/mol. The van der Waals surface area contributed by atoms with E-state index in [1.54, 1.807) is 62.4 Å². The standard InChI is InChI=1S/C25H25ClN4O5S/c1-25(2)34-15-19(35-25)14-30-22-18(13-29(24(30)31)21-11-7-6-10-20(21)26)12-27-23(28-22)36(32,33)16-17-8-4-3-5-9-17/h3-12,19H,13-16H2,1-2H3/t19-/m1/s1. The van der Waals surface area contributed by atoms with Crippen LogP contribution >= 0.6 is 11.6 Å². The lowest BCUT2D eigenvalue weighted by molar-refractivity contribution is -0.137. The summed E-state index contributed by atoms with van der Waals surface area (Å²) in [6.07, 6.45) is 1.03. The molecule has 1 atom stereocenters. The molecule has 2 aliphatic heterocycles. The third-order valence-electron chi connectivity index (χ3n) is 5.94. The number of aromatic nitrogens is 2. The summed E-state index contributed by atoms with van der Waals surface area (Å²) in [5.41, 5.74) is 1.74. The smallest absolute Gasteiger partial charge is 0.330 e. The fraction of sp³-hybridized carbons (Fsp3) is 0.320. The van der Waals surface area contributed by atoms with Crippen LogP contribution in [0, 0.1) is 0 Å². The molecule has 188 valence electrons. The van der Waals surface area contributed by atoms with Gasteiger partial charge < -0.3 is 9.47 Å². The Hall–Kier alpha value is -3.05. The van der Waals surface area contributed by atoms with Gasteiger partial charge in [0.25, 0.3) is 0 Å². The highest BCUT2D eigenvalue weighted by Crippen LogP contribution is 2.35. The third kappa shape index (κ3) is 4.94. The normalized spacial score (nSPS) is 19.4. The zero-order valence-electron chi connectivity index (χ0n) is 19.8. The zero-order valence-corrected chi connectivity index (χ0v) is 21.4. The molecule has 0 saturated carbocycles. The molecule has 1 aromatic heterocycles. The molecular formula is C25H25ClN4O5S. The molecule has 2 aliphatic rings. The van der Waals surface area contributed by atoms with E-state index < -0.39 is 27.8 Å². The van der Waals surface area contributed by atoms with Crippen molar-refractivity contribution in [2.24, 2.45) is 0 Å². The second-order valence-electron chi connectivity index (χ2n) is 9.13. The van der Waals surface area contributed by atoms with Crippen LogP contribution in [0.4, 0.5) is 16.3 Å². The van der Waals surface area contributed by atoms with E-state index >= 15 is 0 Å². The van der Waals surface area contributed by atoms with Crippen LogP contribution in [0.2, 0.25) is 5.02 Å². The lowest BCUT2D eigenvalue weighted by Gasteiger charge is -2.37. The summed E-state index contributed by atoms with van der Waals surface area (Å²) < 4.78 is 37.9. The lowest BCUT2D eigenvalue weighted by Crippen LogP contribution is -2.51. The number of carbonyl (C=O) groups excluding carboxylic acids is 1. The summed E-state index contributed by atoms with van der Waals surface area (Å²) in [5, 5.41) is 0.0804. The van der Waals surface area contributed by atoms with Gasteiger partial charge in [-0.3, -0.25) is 9.80 Å². The topological polar surface area (TPSA) is 102 Å². The van der Waals surface area contributed by atoms with Crippen molar-refractivity contribution in [2.45, 2.75) is 43.2 Å². The molecule has 2 aromatic carbocycles. The molecule has 5 rings (SSSR count). The Kier molecular flexibility index (Phi) is 6.46. The first-order chi connectivity index (χ1) is 17.1. The van der Waals surface area contributed by atoms with Gasteiger partial charge in [0.15, 0.2) is 5.79 Å². The van der Waals surface area contributed by atoms with Crippen LogP contribution in [-0.4, -0.2) is 49.5 Å². The average molecular weight is 529 g/mol. The third-order valence-corrected chi connectivity index (χ3v) is 7.73. The van der Waals surface area contributed by atoms with Crippen molar-refractivity contribution in [2.75, 3.05) is 23.0 Å². The van der Waals surface area contributed by atoms with Crippen LogP contribution in [0.15, 0.2) is 66.0 Å². The van der Waals surface area contributed by atoms with Crippen LogP contribution in [0.5, 0.6) is 0 Å². The summed E-state index contributed by atoms with van der Waals surface area (Å²) in [5.74, 6) is -0.803. The van der Waals surface area contributed by atoms with Crippen molar-refractivity contribution in [3.8, 4) is 0 Å². The number of hydrogen-bond acceptors (Lipinski definition) is 7. The Morgan fingerprint density at radius 3 is 2.53 bits per heavy atom. The van der Waals surface area contributed by atoms with Gasteiger partial charge in [-0.2, -0.15) is 0 Å². The number of ether oxygens (including phenoxy) is 2. The van der Waals surface area contributed by atoms with Crippen LogP contribution in [0.25, 0.3) is 0 Å². The quantitative estimate of drug-likeness (QED) is 0.442. The van der Waals surface area contributed by atoms with Crippen molar-refractivity contribution in [1.29, 1.82) is 0 Å². The number of anilines is 2. The molecule has 0 unspecified atom stereocenters. The van der Waals surface area contributed by atoms with E-state index in [2.05, 4.69) is 9.97 Å². The van der Waals surface area contributed by atoms with Crippen LogP contribution in [0.1, 0.15) is 25.0 Å². The molecule has 0 aliphatic carbocycles. The van der Waals surface area contributed by atoms with Gasteiger partial charge in [-0.15, -0.1) is 0 Å². The molecular weight excluding hydrogens is 504 g/mol. The SMILES string of the molecule is CC1(C)OC[C@@H](CN2C(=O)N(c3ccccc3Cl)Cc3cnc(S(=O)(=O)Cc4ccccc4)nc32)O1. The van der Waals surface area contributed by atoms with Gasteiger partial charge >= 0.3 is 6.03 Å². The van der Waals surface area contributed by atoms with Crippen LogP contribution in [0.3, 0.4) is 0 Å². The summed E-state index contributed by atoms with van der Waals surface area (Å²) in [6, 6.07) is 15.5. The number of urea groups is 1. The van der Waals surface area contributed by atoms with Gasteiger partial charge in [-0.25, -0.2) is 23.2 Å². The van der Waals surface area contributed by atoms with Gasteiger partial charge in [-0.05, 0) is 31.5 Å². The summed E-state index contributed by atoms with van der Waals surface area (Å²) in [7, 11) is -3.86. The lowest BCUT2D eigenvalue weighted by atomic mass is 10.1. The maximum absolute atomic E-state index is 13.7. The number of benzene rings is 2. The second-order valence-corrected chi connectivity index (χ2v) is 11.4. The van der Waals surface area contributed by atoms with Gasteiger partial charge in [0.1, 0.15) is 11.9 Å². The largest absolute Gasteiger partial charge is 0.348 e. The molecule has 0 bridgehead atoms. The van der Waals surface area contributed by atoms with Crippen molar-refractivity contribution in [3.63, 3.8) is 0 Å². The van der Waals surface area contributed by atoms with Crippen molar-refractivity contribution in [3.05, 3.63) is 76.9 Å². The number of hydrogen-bond donors (Lipinski definition) is 0. The number of sulfone groups is 1. The van der Waals surface area contributed by atoms with E-state index in [9.17, 15) is 13.2 Å². The molecule has 3 aromatic rings. The number of fused-ring (bicyclic) bond motifs is 1. The molecule has 0 N–H and O–H groups in total. The molecule has 1 fully saturated rings. The van der Waals surface area contributed by atoms with Crippen molar-refractivity contribution < 1.29 is 22.7 Å². The first-order valence-electron chi connectivity index (χ1n) is 11.4. The van der Waals surface area contributed by atoms with Crippen LogP contribution in [-0.2, 0) is 31.6 Å². The molecule has 36 heavy (non-hydrogen) atoms. The monoisotopic (exact) mass is 528 g/mol. The molecule has 0 radical (unpaired) electrons. The summed E-state index contributed by atoms with van der Waals surface area (Å²) >= 11 is 6.40. The van der Waals surface area contributed by atoms with E-state index in [4.69, 9.17) is 21.1 Å². The van der Waals surface area contributed by atoms with E-state index in [0.29, 0.717) is 21.8 Å². The molecule has 11 heteroatoms. The maximum Gasteiger partial charge on any atom is 0.330 e. The molecule has 2 amide bonds. The molecule has 1 saturated heterocycles. The first-order valence-corrected chi connectivity index (χ1v) is 13.4. The summed E-state index contributed by atoms with van der Waals surface area (Å²) in [6.45, 7) is 4.13. The molecule has 9 nitrogen and oxygen atoms in total. The highest BCUT2D eigenvalue weighted by molar-refractivity contribution is 7.90. The molecule has 0 spiro atoms. The zero-order chi connectivity index (χ0) is 25.5. The van der Waals surface area contributed by atoms with Gasteiger partial charge in [0.2, 0.25) is 15.0 Å². The Morgan fingerprint density at radius 1 is 1.11 bits per heavy atom. The number of rotatable bonds is 6. The van der Waals surface area contributed by atoms with Crippen LogP contribution < -0.4 is 9.80 Å². The van der Waals surface area contributed by atoms with Gasteiger partial charge in [0.05, 0.1) is 36.2 Å². The number of nitrogens with zero attached hydrogens (tertiary/aromatic N) is 4. The second kappa shape index (κ2) is 9.44. The Morgan fingerprint density at radius 2 is 1.83 bits per heavy atom. The molecule has 3 heterocycles. The van der Waals surface area contributed by atoms with Crippen molar-refractivity contribution >= 4 is 39.0 Å². The number of amides is 2. The fourth-order valence-electron chi connectivity index (χ4n) is 4.29. The average Bonchev–Trinajstić information content (AvgIpc) is 3.19. The maximum atomic E-state index is 13.7. The highest BCUT2D eigenvalue weighted by Gasteiger charge is 2.40. The van der Waals surface area contributed by atoms with Gasteiger partial charge in [0, 0.05) is 11.8 Å².